The molecule has 0 amide bonds. The number of nitrogens with zero attached hydrogens (tertiary/aromatic N) is 3. The molecule has 0 spiro atoms. The third-order valence-electron chi connectivity index (χ3n) is 5.12. The Morgan fingerprint density at radius 1 is 1.12 bits per heavy atom. The van der Waals surface area contributed by atoms with Crippen LogP contribution < -0.4 is 22.2 Å². The maximum absolute atomic E-state index is 13.4. The number of hydrogen-bond donors (Lipinski definition) is 1. The fraction of sp³-hybridized carbons (Fsp3) is 0.273. The summed E-state index contributed by atoms with van der Waals surface area (Å²) < 4.78 is 7.12. The SMILES string of the molecule is COC(=O)C(C)(C)Cn1c(=O)[nH]/c(=N\c2ccc([SiH3])c(Cl)c2)n(Cc2ccc(Cl)cc2)c1=O. The van der Waals surface area contributed by atoms with Crippen molar-refractivity contribution in [1.29, 1.82) is 0 Å². The van der Waals surface area contributed by atoms with Crippen molar-refractivity contribution >= 4 is 50.3 Å². The van der Waals surface area contributed by atoms with Crippen molar-refractivity contribution < 1.29 is 9.53 Å². The van der Waals surface area contributed by atoms with Gasteiger partial charge >= 0.3 is 17.3 Å². The normalized spacial score (nSPS) is 12.2. The predicted octanol–water partition coefficient (Wildman–Crippen LogP) is 1.12. The Morgan fingerprint density at radius 2 is 1.79 bits per heavy atom. The van der Waals surface area contributed by atoms with E-state index in [0.717, 1.165) is 25.6 Å². The number of rotatable bonds is 6. The summed E-state index contributed by atoms with van der Waals surface area (Å²) >= 11 is 12.2. The average Bonchev–Trinajstić information content (AvgIpc) is 2.77. The molecule has 11 heteroatoms. The van der Waals surface area contributed by atoms with Gasteiger partial charge in [0, 0.05) is 26.8 Å². The smallest absolute Gasteiger partial charge is 0.335 e. The summed E-state index contributed by atoms with van der Waals surface area (Å²) in [4.78, 5) is 45.6. The molecule has 3 rings (SSSR count). The van der Waals surface area contributed by atoms with E-state index >= 15 is 0 Å². The largest absolute Gasteiger partial charge is 0.469 e. The average molecular weight is 507 g/mol. The Kier molecular flexibility index (Phi) is 7.46. The van der Waals surface area contributed by atoms with E-state index in [2.05, 4.69) is 9.98 Å². The van der Waals surface area contributed by atoms with E-state index in [4.69, 9.17) is 27.9 Å². The van der Waals surface area contributed by atoms with Gasteiger partial charge in [-0.1, -0.05) is 46.6 Å². The van der Waals surface area contributed by atoms with Gasteiger partial charge in [-0.2, -0.15) is 0 Å². The van der Waals surface area contributed by atoms with Crippen LogP contribution in [0.5, 0.6) is 0 Å². The molecule has 174 valence electrons. The highest BCUT2D eigenvalue weighted by atomic mass is 35.5. The zero-order valence-corrected chi connectivity index (χ0v) is 22.2. The summed E-state index contributed by atoms with van der Waals surface area (Å²) in [6, 6.07) is 12.3. The summed E-state index contributed by atoms with van der Waals surface area (Å²) in [6.45, 7) is 3.15. The van der Waals surface area contributed by atoms with Crippen LogP contribution in [-0.4, -0.2) is 37.4 Å². The number of nitrogens with one attached hydrogen (secondary N) is 1. The minimum Gasteiger partial charge on any atom is -0.469 e. The van der Waals surface area contributed by atoms with Gasteiger partial charge in [-0.15, -0.1) is 0 Å². The summed E-state index contributed by atoms with van der Waals surface area (Å²) in [5, 5.41) is 2.14. The van der Waals surface area contributed by atoms with Crippen LogP contribution in [0.4, 0.5) is 5.69 Å². The Hall–Kier alpha value is -2.88. The van der Waals surface area contributed by atoms with Gasteiger partial charge in [0.05, 0.1) is 24.8 Å². The fourth-order valence-electron chi connectivity index (χ4n) is 3.21. The van der Waals surface area contributed by atoms with Gasteiger partial charge in [0.1, 0.15) is 0 Å². The predicted molar refractivity (Wildman–Crippen MR) is 132 cm³/mol. The van der Waals surface area contributed by atoms with Crippen LogP contribution in [0.25, 0.3) is 0 Å². The van der Waals surface area contributed by atoms with Gasteiger partial charge in [0.2, 0.25) is 5.62 Å². The molecule has 8 nitrogen and oxygen atoms in total. The van der Waals surface area contributed by atoms with Gasteiger partial charge in [0.15, 0.2) is 0 Å². The van der Waals surface area contributed by atoms with Crippen LogP contribution in [0.1, 0.15) is 19.4 Å². The number of carbonyl (C=O) groups is 1. The van der Waals surface area contributed by atoms with Crippen molar-refractivity contribution in [2.75, 3.05) is 7.11 Å². The number of carbonyl (C=O) groups excluding carboxylic acids is 1. The summed E-state index contributed by atoms with van der Waals surface area (Å²) in [6.07, 6.45) is 0. The molecule has 2 aromatic carbocycles. The molecule has 1 aromatic heterocycles. The fourth-order valence-corrected chi connectivity index (χ4v) is 3.82. The quantitative estimate of drug-likeness (QED) is 0.399. The van der Waals surface area contributed by atoms with Crippen LogP contribution in [0.15, 0.2) is 57.0 Å². The first-order valence-electron chi connectivity index (χ1n) is 10.1. The number of halogens is 2. The van der Waals surface area contributed by atoms with Gasteiger partial charge < -0.3 is 4.74 Å². The number of H-pyrrole nitrogens is 1. The molecule has 0 saturated carbocycles. The van der Waals surface area contributed by atoms with Gasteiger partial charge in [-0.25, -0.2) is 19.1 Å². The number of aromatic nitrogens is 3. The van der Waals surface area contributed by atoms with E-state index in [-0.39, 0.29) is 18.7 Å². The number of methoxy groups -OCH3 is 1. The maximum Gasteiger partial charge on any atom is 0.335 e. The summed E-state index contributed by atoms with van der Waals surface area (Å²) in [5.41, 5.74) is -1.08. The monoisotopic (exact) mass is 506 g/mol. The third-order valence-corrected chi connectivity index (χ3v) is 6.97. The van der Waals surface area contributed by atoms with Crippen LogP contribution in [0, 0.1) is 5.41 Å². The molecule has 1 N–H and O–H groups in total. The minimum atomic E-state index is -1.10. The van der Waals surface area contributed by atoms with E-state index in [1.807, 2.05) is 6.07 Å². The first-order chi connectivity index (χ1) is 15.5. The number of esters is 1. The topological polar surface area (TPSA) is 98.4 Å². The number of hydrogen-bond acceptors (Lipinski definition) is 5. The third kappa shape index (κ3) is 5.73. The van der Waals surface area contributed by atoms with Crippen LogP contribution in [0.3, 0.4) is 0 Å². The molecule has 33 heavy (non-hydrogen) atoms. The van der Waals surface area contributed by atoms with E-state index in [9.17, 15) is 14.4 Å². The molecule has 0 aliphatic rings. The van der Waals surface area contributed by atoms with E-state index < -0.39 is 22.8 Å². The second-order valence-corrected chi connectivity index (χ2v) is 10.2. The van der Waals surface area contributed by atoms with Gasteiger partial charge in [-0.05, 0) is 43.7 Å². The molecule has 0 aliphatic carbocycles. The molecule has 0 radical (unpaired) electrons. The molecule has 0 bridgehead atoms. The van der Waals surface area contributed by atoms with Crippen molar-refractivity contribution in [1.82, 2.24) is 14.1 Å². The maximum atomic E-state index is 13.4. The molecular formula is C22H24Cl2N4O4Si. The second-order valence-electron chi connectivity index (χ2n) is 8.26. The molecule has 0 atom stereocenters. The Balaban J connectivity index is 2.22. The lowest BCUT2D eigenvalue weighted by molar-refractivity contribution is -0.151. The highest BCUT2D eigenvalue weighted by Crippen LogP contribution is 2.18. The summed E-state index contributed by atoms with van der Waals surface area (Å²) in [7, 11) is 2.04. The molecule has 0 fully saturated rings. The van der Waals surface area contributed by atoms with E-state index in [0.29, 0.717) is 15.7 Å². The zero-order chi connectivity index (χ0) is 24.3. The van der Waals surface area contributed by atoms with Crippen molar-refractivity contribution in [3.63, 3.8) is 0 Å². The molecule has 0 unspecified atom stereocenters. The standard InChI is InChI=1S/C22H24Cl2N4O4Si/c1-22(2,18(29)32-3)12-28-20(30)26-19(25-15-8-9-17(33)16(24)10-15)27(21(28)31)11-13-4-6-14(23)7-5-13/h4-10H,11-12H2,1-3,33H3,(H,25,26,30). The minimum absolute atomic E-state index is 0.0595. The number of ether oxygens (including phenoxy) is 1. The molecule has 1 heterocycles. The lowest BCUT2D eigenvalue weighted by Crippen LogP contribution is -2.52. The first kappa shape index (κ1) is 24.8. The zero-order valence-electron chi connectivity index (χ0n) is 18.7. The molecule has 0 saturated heterocycles. The Labute approximate surface area is 202 Å². The Bertz CT molecular complexity index is 1370. The van der Waals surface area contributed by atoms with Crippen LogP contribution in [0.2, 0.25) is 10.0 Å². The van der Waals surface area contributed by atoms with Gasteiger partial charge in [-0.3, -0.25) is 14.3 Å². The van der Waals surface area contributed by atoms with Crippen molar-refractivity contribution in [3.05, 3.63) is 84.7 Å². The lowest BCUT2D eigenvalue weighted by atomic mass is 9.94. The highest BCUT2D eigenvalue weighted by molar-refractivity contribution is 6.45. The lowest BCUT2D eigenvalue weighted by Gasteiger charge is -2.22. The van der Waals surface area contributed by atoms with Gasteiger partial charge in [0.25, 0.3) is 0 Å². The van der Waals surface area contributed by atoms with Crippen LogP contribution >= 0.6 is 23.2 Å². The van der Waals surface area contributed by atoms with E-state index in [1.165, 1.54) is 11.7 Å². The number of aromatic amines is 1. The van der Waals surface area contributed by atoms with Crippen molar-refractivity contribution in [3.8, 4) is 0 Å². The first-order valence-corrected chi connectivity index (χ1v) is 11.8. The van der Waals surface area contributed by atoms with Crippen molar-refractivity contribution in [2.24, 2.45) is 10.4 Å². The number of benzene rings is 2. The summed E-state index contributed by atoms with van der Waals surface area (Å²) in [5.74, 6) is -0.537. The molecular weight excluding hydrogens is 483 g/mol. The van der Waals surface area contributed by atoms with E-state index in [1.54, 1.807) is 50.2 Å². The Morgan fingerprint density at radius 3 is 2.39 bits per heavy atom. The molecule has 3 aromatic rings. The highest BCUT2D eigenvalue weighted by Gasteiger charge is 2.31. The van der Waals surface area contributed by atoms with Crippen molar-refractivity contribution in [2.45, 2.75) is 26.9 Å². The molecule has 0 aliphatic heterocycles. The second kappa shape index (κ2) is 9.94. The van der Waals surface area contributed by atoms with Crippen LogP contribution in [-0.2, 0) is 22.6 Å².